The van der Waals surface area contributed by atoms with Crippen LogP contribution < -0.4 is 0 Å². The van der Waals surface area contributed by atoms with Crippen LogP contribution in [0.15, 0.2) is 34.8 Å². The highest BCUT2D eigenvalue weighted by Crippen LogP contribution is 2.37. The summed E-state index contributed by atoms with van der Waals surface area (Å²) in [6.07, 6.45) is 5.40. The Bertz CT molecular complexity index is 397. The molecule has 1 unspecified atom stereocenters. The molecule has 3 heteroatoms. The van der Waals surface area contributed by atoms with E-state index in [1.54, 1.807) is 0 Å². The number of ether oxygens (including phenoxy) is 1. The van der Waals surface area contributed by atoms with Gasteiger partial charge in [0.1, 0.15) is 5.44 Å². The quantitative estimate of drug-likeness (QED) is 0.781. The SMILES string of the molecule is CC1(C)CCOC(/C=C/c2ccc(Br)cc2)S1. The van der Waals surface area contributed by atoms with Gasteiger partial charge in [-0.15, -0.1) is 11.8 Å². The Kier molecular flexibility index (Phi) is 4.34. The number of rotatable bonds is 2. The Morgan fingerprint density at radius 3 is 2.71 bits per heavy atom. The molecule has 0 aromatic heterocycles. The minimum absolute atomic E-state index is 0.183. The van der Waals surface area contributed by atoms with Crippen molar-refractivity contribution in [1.29, 1.82) is 0 Å². The van der Waals surface area contributed by atoms with E-state index in [2.05, 4.69) is 66.2 Å². The van der Waals surface area contributed by atoms with Crippen molar-refractivity contribution in [3.8, 4) is 0 Å². The normalized spacial score (nSPS) is 24.1. The van der Waals surface area contributed by atoms with Crippen LogP contribution in [0.5, 0.6) is 0 Å². The lowest BCUT2D eigenvalue weighted by atomic mass is 10.1. The molecule has 1 aromatic carbocycles. The zero-order valence-electron chi connectivity index (χ0n) is 10.2. The maximum Gasteiger partial charge on any atom is 0.122 e. The first-order valence-corrected chi connectivity index (χ1v) is 7.46. The highest BCUT2D eigenvalue weighted by atomic mass is 79.9. The van der Waals surface area contributed by atoms with Crippen LogP contribution in [0.4, 0.5) is 0 Å². The van der Waals surface area contributed by atoms with Gasteiger partial charge < -0.3 is 4.74 Å². The van der Waals surface area contributed by atoms with E-state index in [4.69, 9.17) is 4.74 Å². The fourth-order valence-electron chi connectivity index (χ4n) is 1.69. The topological polar surface area (TPSA) is 9.23 Å². The van der Waals surface area contributed by atoms with Crippen molar-refractivity contribution in [3.05, 3.63) is 40.4 Å². The minimum Gasteiger partial charge on any atom is -0.363 e. The van der Waals surface area contributed by atoms with Crippen LogP contribution in [0.1, 0.15) is 25.8 Å². The Balaban J connectivity index is 1.98. The summed E-state index contributed by atoms with van der Waals surface area (Å²) in [5, 5.41) is 0. The van der Waals surface area contributed by atoms with Crippen molar-refractivity contribution in [2.75, 3.05) is 6.61 Å². The van der Waals surface area contributed by atoms with E-state index in [9.17, 15) is 0 Å². The van der Waals surface area contributed by atoms with E-state index < -0.39 is 0 Å². The first-order valence-electron chi connectivity index (χ1n) is 5.78. The van der Waals surface area contributed by atoms with E-state index in [-0.39, 0.29) is 5.44 Å². The van der Waals surface area contributed by atoms with E-state index in [0.29, 0.717) is 4.75 Å². The molecule has 1 nitrogen and oxygen atoms in total. The third-order valence-electron chi connectivity index (χ3n) is 2.74. The summed E-state index contributed by atoms with van der Waals surface area (Å²) in [5.41, 5.74) is 1.39. The molecule has 17 heavy (non-hydrogen) atoms. The molecule has 1 saturated heterocycles. The summed E-state index contributed by atoms with van der Waals surface area (Å²) < 4.78 is 7.16. The number of hydrogen-bond acceptors (Lipinski definition) is 2. The molecular formula is C14H17BrOS. The predicted molar refractivity (Wildman–Crippen MR) is 79.2 cm³/mol. The molecule has 92 valence electrons. The molecular weight excluding hydrogens is 296 g/mol. The van der Waals surface area contributed by atoms with Gasteiger partial charge in [-0.2, -0.15) is 0 Å². The van der Waals surface area contributed by atoms with Crippen molar-refractivity contribution < 1.29 is 4.74 Å². The molecule has 0 spiro atoms. The van der Waals surface area contributed by atoms with Gasteiger partial charge in [-0.25, -0.2) is 0 Å². The number of halogens is 1. The maximum absolute atomic E-state index is 5.73. The molecule has 0 amide bonds. The van der Waals surface area contributed by atoms with Gasteiger partial charge in [0.15, 0.2) is 0 Å². The second-order valence-corrected chi connectivity index (χ2v) is 7.50. The number of thioether (sulfide) groups is 1. The number of hydrogen-bond donors (Lipinski definition) is 0. The molecule has 1 aromatic rings. The fraction of sp³-hybridized carbons (Fsp3) is 0.429. The van der Waals surface area contributed by atoms with Gasteiger partial charge in [0.05, 0.1) is 0 Å². The monoisotopic (exact) mass is 312 g/mol. The molecule has 0 N–H and O–H groups in total. The Labute approximate surface area is 116 Å². The van der Waals surface area contributed by atoms with Crippen molar-refractivity contribution >= 4 is 33.8 Å². The van der Waals surface area contributed by atoms with Gasteiger partial charge in [0.2, 0.25) is 0 Å². The largest absolute Gasteiger partial charge is 0.363 e. The Morgan fingerprint density at radius 1 is 1.35 bits per heavy atom. The summed E-state index contributed by atoms with van der Waals surface area (Å²) in [6.45, 7) is 5.41. The maximum atomic E-state index is 5.73. The summed E-state index contributed by atoms with van der Waals surface area (Å²) in [5.74, 6) is 0. The summed E-state index contributed by atoms with van der Waals surface area (Å²) in [6, 6.07) is 8.30. The average molecular weight is 313 g/mol. The highest BCUT2D eigenvalue weighted by molar-refractivity contribution is 9.10. The zero-order valence-corrected chi connectivity index (χ0v) is 12.6. The first-order chi connectivity index (χ1) is 8.05. The van der Waals surface area contributed by atoms with E-state index in [1.807, 2.05) is 11.8 Å². The van der Waals surface area contributed by atoms with Crippen molar-refractivity contribution in [2.24, 2.45) is 0 Å². The van der Waals surface area contributed by atoms with Crippen LogP contribution in [0.2, 0.25) is 0 Å². The third-order valence-corrected chi connectivity index (χ3v) is 4.63. The highest BCUT2D eigenvalue weighted by Gasteiger charge is 2.27. The molecule has 1 atom stereocenters. The van der Waals surface area contributed by atoms with Gasteiger partial charge in [0.25, 0.3) is 0 Å². The fourth-order valence-corrected chi connectivity index (χ4v) is 3.10. The second-order valence-electron chi connectivity index (χ2n) is 4.78. The average Bonchev–Trinajstić information content (AvgIpc) is 2.27. The van der Waals surface area contributed by atoms with Gasteiger partial charge in [0, 0.05) is 15.8 Å². The Morgan fingerprint density at radius 2 is 2.06 bits per heavy atom. The van der Waals surface area contributed by atoms with Gasteiger partial charge in [-0.1, -0.05) is 48.0 Å². The van der Waals surface area contributed by atoms with Crippen LogP contribution in [-0.2, 0) is 4.74 Å². The molecule has 0 aliphatic carbocycles. The lowest BCUT2D eigenvalue weighted by Gasteiger charge is -2.33. The Hall–Kier alpha value is -0.250. The summed E-state index contributed by atoms with van der Waals surface area (Å²) in [4.78, 5) is 0. The molecule has 0 saturated carbocycles. The zero-order chi connectivity index (χ0) is 12.3. The number of benzene rings is 1. The minimum atomic E-state index is 0.183. The van der Waals surface area contributed by atoms with Crippen molar-refractivity contribution in [3.63, 3.8) is 0 Å². The molecule has 1 aliphatic heterocycles. The molecule has 1 heterocycles. The summed E-state index contributed by atoms with van der Waals surface area (Å²) in [7, 11) is 0. The first kappa shape index (κ1) is 13.2. The third kappa shape index (κ3) is 4.16. The standard InChI is InChI=1S/C14H17BrOS/c1-14(2)9-10-16-13(17-14)8-5-11-3-6-12(15)7-4-11/h3-8,13H,9-10H2,1-2H3/b8-5+. The van der Waals surface area contributed by atoms with Crippen LogP contribution in [-0.4, -0.2) is 16.8 Å². The van der Waals surface area contributed by atoms with Crippen LogP contribution in [0.3, 0.4) is 0 Å². The molecule has 0 bridgehead atoms. The van der Waals surface area contributed by atoms with Crippen LogP contribution in [0, 0.1) is 0 Å². The van der Waals surface area contributed by atoms with E-state index in [1.165, 1.54) is 5.56 Å². The van der Waals surface area contributed by atoms with E-state index in [0.717, 1.165) is 17.5 Å². The van der Waals surface area contributed by atoms with Gasteiger partial charge in [-0.3, -0.25) is 0 Å². The van der Waals surface area contributed by atoms with E-state index >= 15 is 0 Å². The van der Waals surface area contributed by atoms with Crippen LogP contribution >= 0.6 is 27.7 Å². The summed E-state index contributed by atoms with van der Waals surface area (Å²) >= 11 is 5.33. The molecule has 2 rings (SSSR count). The molecule has 1 aliphatic rings. The van der Waals surface area contributed by atoms with Crippen molar-refractivity contribution in [1.82, 2.24) is 0 Å². The molecule has 0 radical (unpaired) electrons. The second kappa shape index (κ2) is 5.59. The van der Waals surface area contributed by atoms with Gasteiger partial charge >= 0.3 is 0 Å². The smallest absolute Gasteiger partial charge is 0.122 e. The van der Waals surface area contributed by atoms with Gasteiger partial charge in [-0.05, 0) is 30.2 Å². The molecule has 1 fully saturated rings. The predicted octanol–water partition coefficient (Wildman–Crippen LogP) is 4.72. The lowest BCUT2D eigenvalue weighted by molar-refractivity contribution is 0.119. The van der Waals surface area contributed by atoms with Crippen molar-refractivity contribution in [2.45, 2.75) is 30.5 Å². The lowest BCUT2D eigenvalue weighted by Crippen LogP contribution is -2.28. The van der Waals surface area contributed by atoms with Crippen LogP contribution in [0.25, 0.3) is 6.08 Å².